The summed E-state index contributed by atoms with van der Waals surface area (Å²) in [5.41, 5.74) is 1.07. The minimum Gasteiger partial charge on any atom is -0.493 e. The highest BCUT2D eigenvalue weighted by atomic mass is 16.5. The van der Waals surface area contributed by atoms with E-state index in [0.29, 0.717) is 13.2 Å². The van der Waals surface area contributed by atoms with E-state index >= 15 is 0 Å². The Hall–Kier alpha value is -1.95. The number of ether oxygens (including phenoxy) is 3. The van der Waals surface area contributed by atoms with Crippen molar-refractivity contribution >= 4 is 5.96 Å². The second-order valence-electron chi connectivity index (χ2n) is 4.89. The predicted molar refractivity (Wildman–Crippen MR) is 93.5 cm³/mol. The number of rotatable bonds is 10. The molecule has 0 fully saturated rings. The van der Waals surface area contributed by atoms with Crippen molar-refractivity contribution in [2.75, 3.05) is 40.5 Å². The summed E-state index contributed by atoms with van der Waals surface area (Å²) in [6, 6.07) is 5.88. The molecule has 0 amide bonds. The highest BCUT2D eigenvalue weighted by Crippen LogP contribution is 2.28. The maximum atomic E-state index is 5.60. The first-order valence-electron chi connectivity index (χ1n) is 8.05. The lowest BCUT2D eigenvalue weighted by molar-refractivity contribution is 0.195. The SMILES string of the molecule is CCNC(=NCc1ccc(OC)c(OCC)c1)NCCCOC. The fourth-order valence-corrected chi connectivity index (χ4v) is 2.02. The topological polar surface area (TPSA) is 64.1 Å². The molecule has 0 bridgehead atoms. The molecule has 0 unspecified atom stereocenters. The Morgan fingerprint density at radius 1 is 1.13 bits per heavy atom. The van der Waals surface area contributed by atoms with Crippen LogP contribution in [0.2, 0.25) is 0 Å². The van der Waals surface area contributed by atoms with Gasteiger partial charge in [-0.15, -0.1) is 0 Å². The van der Waals surface area contributed by atoms with E-state index in [-0.39, 0.29) is 0 Å². The molecular formula is C17H29N3O3. The second-order valence-corrected chi connectivity index (χ2v) is 4.89. The lowest BCUT2D eigenvalue weighted by Gasteiger charge is -2.12. The predicted octanol–water partition coefficient (Wildman–Crippen LogP) is 2.19. The summed E-state index contributed by atoms with van der Waals surface area (Å²) in [6.45, 7) is 7.57. The van der Waals surface area contributed by atoms with Gasteiger partial charge in [0.1, 0.15) is 0 Å². The normalized spacial score (nSPS) is 11.2. The van der Waals surface area contributed by atoms with Crippen molar-refractivity contribution in [2.24, 2.45) is 4.99 Å². The van der Waals surface area contributed by atoms with E-state index in [2.05, 4.69) is 15.6 Å². The Morgan fingerprint density at radius 3 is 2.61 bits per heavy atom. The van der Waals surface area contributed by atoms with Gasteiger partial charge in [0, 0.05) is 26.8 Å². The molecule has 6 nitrogen and oxygen atoms in total. The molecule has 0 aliphatic heterocycles. The van der Waals surface area contributed by atoms with Gasteiger partial charge in [-0.05, 0) is 38.0 Å². The molecule has 0 aliphatic rings. The van der Waals surface area contributed by atoms with Gasteiger partial charge in [0.15, 0.2) is 17.5 Å². The van der Waals surface area contributed by atoms with Crippen LogP contribution >= 0.6 is 0 Å². The van der Waals surface area contributed by atoms with Crippen LogP contribution < -0.4 is 20.1 Å². The van der Waals surface area contributed by atoms with Crippen molar-refractivity contribution in [3.63, 3.8) is 0 Å². The van der Waals surface area contributed by atoms with Crippen LogP contribution in [0.15, 0.2) is 23.2 Å². The third kappa shape index (κ3) is 7.23. The van der Waals surface area contributed by atoms with Crippen molar-refractivity contribution in [3.8, 4) is 11.5 Å². The van der Waals surface area contributed by atoms with Crippen LogP contribution in [-0.4, -0.2) is 46.5 Å². The lowest BCUT2D eigenvalue weighted by Crippen LogP contribution is -2.38. The van der Waals surface area contributed by atoms with Crippen molar-refractivity contribution < 1.29 is 14.2 Å². The van der Waals surface area contributed by atoms with Gasteiger partial charge in [0.25, 0.3) is 0 Å². The van der Waals surface area contributed by atoms with Crippen LogP contribution in [0.5, 0.6) is 11.5 Å². The zero-order chi connectivity index (χ0) is 16.9. The summed E-state index contributed by atoms with van der Waals surface area (Å²) in [5.74, 6) is 2.29. The highest BCUT2D eigenvalue weighted by molar-refractivity contribution is 5.79. The van der Waals surface area contributed by atoms with E-state index in [1.54, 1.807) is 14.2 Å². The standard InChI is InChI=1S/C17H29N3O3/c1-5-18-17(19-10-7-11-21-3)20-13-14-8-9-15(22-4)16(12-14)23-6-2/h8-9,12H,5-7,10-11,13H2,1-4H3,(H2,18,19,20). The second kappa shape index (κ2) is 11.6. The van der Waals surface area contributed by atoms with Gasteiger partial charge >= 0.3 is 0 Å². The average Bonchev–Trinajstić information content (AvgIpc) is 2.57. The minimum atomic E-state index is 0.573. The van der Waals surface area contributed by atoms with Crippen LogP contribution in [0.4, 0.5) is 0 Å². The van der Waals surface area contributed by atoms with Crippen LogP contribution in [0.25, 0.3) is 0 Å². The van der Waals surface area contributed by atoms with Crippen molar-refractivity contribution in [2.45, 2.75) is 26.8 Å². The maximum Gasteiger partial charge on any atom is 0.191 e. The van der Waals surface area contributed by atoms with Crippen LogP contribution in [0.3, 0.4) is 0 Å². The molecule has 6 heteroatoms. The molecule has 0 aliphatic carbocycles. The molecule has 0 atom stereocenters. The molecular weight excluding hydrogens is 294 g/mol. The zero-order valence-electron chi connectivity index (χ0n) is 14.6. The van der Waals surface area contributed by atoms with E-state index in [1.807, 2.05) is 32.0 Å². The minimum absolute atomic E-state index is 0.573. The Balaban J connectivity index is 2.68. The molecule has 1 rings (SSSR count). The summed E-state index contributed by atoms with van der Waals surface area (Å²) in [6.07, 6.45) is 0.942. The molecule has 0 radical (unpaired) electrons. The third-order valence-electron chi connectivity index (χ3n) is 3.11. The highest BCUT2D eigenvalue weighted by Gasteiger charge is 2.05. The van der Waals surface area contributed by atoms with Gasteiger partial charge in [0.05, 0.1) is 20.3 Å². The average molecular weight is 323 g/mol. The quantitative estimate of drug-likeness (QED) is 0.392. The van der Waals surface area contributed by atoms with Gasteiger partial charge in [-0.25, -0.2) is 4.99 Å². The Kier molecular flexibility index (Phi) is 9.63. The number of nitrogens with one attached hydrogen (secondary N) is 2. The molecule has 0 saturated heterocycles. The zero-order valence-corrected chi connectivity index (χ0v) is 14.6. The molecule has 1 aromatic rings. The molecule has 0 heterocycles. The van der Waals surface area contributed by atoms with E-state index in [1.165, 1.54) is 0 Å². The van der Waals surface area contributed by atoms with Crippen molar-refractivity contribution in [3.05, 3.63) is 23.8 Å². The number of methoxy groups -OCH3 is 2. The van der Waals surface area contributed by atoms with Crippen LogP contribution in [0.1, 0.15) is 25.8 Å². The van der Waals surface area contributed by atoms with Gasteiger partial charge < -0.3 is 24.8 Å². The number of hydrogen-bond acceptors (Lipinski definition) is 4. The molecule has 130 valence electrons. The number of nitrogens with zero attached hydrogens (tertiary/aromatic N) is 1. The van der Waals surface area contributed by atoms with Crippen molar-refractivity contribution in [1.82, 2.24) is 10.6 Å². The Labute approximate surface area is 139 Å². The monoisotopic (exact) mass is 323 g/mol. The van der Waals surface area contributed by atoms with Crippen LogP contribution in [-0.2, 0) is 11.3 Å². The first-order chi connectivity index (χ1) is 11.2. The summed E-state index contributed by atoms with van der Waals surface area (Å²) in [7, 11) is 3.35. The number of guanidine groups is 1. The summed E-state index contributed by atoms with van der Waals surface area (Å²) < 4.78 is 15.9. The number of hydrogen-bond donors (Lipinski definition) is 2. The largest absolute Gasteiger partial charge is 0.493 e. The van der Waals surface area contributed by atoms with Gasteiger partial charge in [0.2, 0.25) is 0 Å². The van der Waals surface area contributed by atoms with Gasteiger partial charge in [-0.3, -0.25) is 0 Å². The third-order valence-corrected chi connectivity index (χ3v) is 3.11. The first-order valence-corrected chi connectivity index (χ1v) is 8.05. The molecule has 0 aromatic heterocycles. The van der Waals surface area contributed by atoms with Gasteiger partial charge in [-0.1, -0.05) is 6.07 Å². The Morgan fingerprint density at radius 2 is 1.96 bits per heavy atom. The Bertz CT molecular complexity index is 478. The fraction of sp³-hybridized carbons (Fsp3) is 0.588. The van der Waals surface area contributed by atoms with Gasteiger partial charge in [-0.2, -0.15) is 0 Å². The molecule has 0 saturated carbocycles. The summed E-state index contributed by atoms with van der Waals surface area (Å²) in [4.78, 5) is 4.60. The molecule has 1 aromatic carbocycles. The molecule has 0 spiro atoms. The smallest absolute Gasteiger partial charge is 0.191 e. The van der Waals surface area contributed by atoms with E-state index in [9.17, 15) is 0 Å². The molecule has 2 N–H and O–H groups in total. The fourth-order valence-electron chi connectivity index (χ4n) is 2.02. The van der Waals surface area contributed by atoms with E-state index < -0.39 is 0 Å². The number of aliphatic imine (C=N–C) groups is 1. The number of benzene rings is 1. The van der Waals surface area contributed by atoms with E-state index in [0.717, 1.165) is 49.1 Å². The maximum absolute atomic E-state index is 5.60. The summed E-state index contributed by atoms with van der Waals surface area (Å²) in [5, 5.41) is 6.53. The van der Waals surface area contributed by atoms with Crippen molar-refractivity contribution in [1.29, 1.82) is 0 Å². The lowest BCUT2D eigenvalue weighted by atomic mass is 10.2. The summed E-state index contributed by atoms with van der Waals surface area (Å²) >= 11 is 0. The van der Waals surface area contributed by atoms with E-state index in [4.69, 9.17) is 14.2 Å². The molecule has 23 heavy (non-hydrogen) atoms. The van der Waals surface area contributed by atoms with Crippen LogP contribution in [0, 0.1) is 0 Å². The first kappa shape index (κ1) is 19.1.